The van der Waals surface area contributed by atoms with Crippen LogP contribution in [-0.4, -0.2) is 37.7 Å². The molecule has 1 atom stereocenters. The predicted molar refractivity (Wildman–Crippen MR) is 147 cm³/mol. The molecule has 7 nitrogen and oxygen atoms in total. The Balaban J connectivity index is 1.90. The Morgan fingerprint density at radius 2 is 1.82 bits per heavy atom. The normalized spacial score (nSPS) is 13.7. The van der Waals surface area contributed by atoms with Gasteiger partial charge in [0.2, 0.25) is 0 Å². The molecule has 38 heavy (non-hydrogen) atoms. The Hall–Kier alpha value is -2.85. The molecular formula is C28H32ClFN2O5S. The number of ether oxygens (including phenoxy) is 1. The Morgan fingerprint density at radius 1 is 1.13 bits per heavy atom. The number of rotatable bonds is 10. The number of hydrogen-bond acceptors (Lipinski definition) is 7. The number of aliphatic hydroxyl groups is 1. The van der Waals surface area contributed by atoms with Gasteiger partial charge in [0.25, 0.3) is 0 Å². The van der Waals surface area contributed by atoms with E-state index in [-0.39, 0.29) is 29.4 Å². The fourth-order valence-corrected chi connectivity index (χ4v) is 4.91. The van der Waals surface area contributed by atoms with E-state index in [1.54, 1.807) is 37.3 Å². The second-order valence-corrected chi connectivity index (χ2v) is 12.8. The second kappa shape index (κ2) is 11.1. The predicted octanol–water partition coefficient (Wildman–Crippen LogP) is 5.16. The van der Waals surface area contributed by atoms with E-state index in [1.165, 1.54) is 25.3 Å². The highest BCUT2D eigenvalue weighted by Crippen LogP contribution is 2.33. The zero-order valence-electron chi connectivity index (χ0n) is 22.0. The van der Waals surface area contributed by atoms with E-state index >= 15 is 0 Å². The van der Waals surface area contributed by atoms with Gasteiger partial charge in [0.1, 0.15) is 17.2 Å². The molecule has 0 aliphatic rings. The number of carbonyl (C=O) groups excluding carboxylic acids is 1. The highest BCUT2D eigenvalue weighted by atomic mass is 35.5. The highest BCUT2D eigenvalue weighted by Gasteiger charge is 2.29. The molecule has 0 aliphatic carbocycles. The molecule has 1 unspecified atom stereocenters. The van der Waals surface area contributed by atoms with Crippen LogP contribution in [-0.2, 0) is 26.7 Å². The van der Waals surface area contributed by atoms with Crippen molar-refractivity contribution in [2.75, 3.05) is 13.4 Å². The first-order valence-electron chi connectivity index (χ1n) is 11.9. The minimum atomic E-state index is -3.29. The number of nitrogens with two attached hydrogens (primary N) is 1. The van der Waals surface area contributed by atoms with Crippen molar-refractivity contribution in [3.05, 3.63) is 81.8 Å². The largest absolute Gasteiger partial charge is 0.496 e. The molecule has 1 aromatic heterocycles. The number of carbonyl (C=O) groups is 1. The summed E-state index contributed by atoms with van der Waals surface area (Å²) in [5.74, 6) is -0.719. The molecule has 0 saturated heterocycles. The lowest BCUT2D eigenvalue weighted by atomic mass is 9.88. The highest BCUT2D eigenvalue weighted by molar-refractivity contribution is 7.89. The van der Waals surface area contributed by atoms with E-state index in [1.807, 2.05) is 13.8 Å². The van der Waals surface area contributed by atoms with Crippen molar-refractivity contribution in [1.82, 2.24) is 4.98 Å². The third-order valence-electron chi connectivity index (χ3n) is 6.20. The van der Waals surface area contributed by atoms with Gasteiger partial charge in [-0.15, -0.1) is 0 Å². The molecule has 10 heteroatoms. The molecule has 204 valence electrons. The van der Waals surface area contributed by atoms with Gasteiger partial charge >= 0.3 is 0 Å². The minimum Gasteiger partial charge on any atom is -0.496 e. The lowest BCUT2D eigenvalue weighted by Crippen LogP contribution is -2.31. The molecule has 1 heterocycles. The van der Waals surface area contributed by atoms with Crippen LogP contribution in [0.5, 0.6) is 5.75 Å². The van der Waals surface area contributed by atoms with Gasteiger partial charge in [-0.05, 0) is 69.2 Å². The first-order valence-corrected chi connectivity index (χ1v) is 14.3. The van der Waals surface area contributed by atoms with Crippen molar-refractivity contribution in [3.8, 4) is 17.0 Å². The fraction of sp³-hybridized carbons (Fsp3) is 0.357. The first kappa shape index (κ1) is 29.7. The summed E-state index contributed by atoms with van der Waals surface area (Å²) in [7, 11) is -1.88. The summed E-state index contributed by atoms with van der Waals surface area (Å²) in [5.41, 5.74) is 6.86. The van der Waals surface area contributed by atoms with Crippen LogP contribution in [0, 0.1) is 5.82 Å². The van der Waals surface area contributed by atoms with Crippen molar-refractivity contribution in [1.29, 1.82) is 0 Å². The molecule has 3 aromatic rings. The SMILES string of the molecule is COc1cc(C(=O)CCC(C)(O)c2cc(C(C)(C)N)cc(-c3ccc(F)c(Cl)c3)n2)ccc1CS(C)(=O)=O. The number of ketones is 1. The zero-order valence-corrected chi connectivity index (χ0v) is 23.6. The first-order chi connectivity index (χ1) is 17.5. The number of sulfone groups is 1. The van der Waals surface area contributed by atoms with E-state index in [0.717, 1.165) is 6.26 Å². The van der Waals surface area contributed by atoms with Crippen LogP contribution in [0.15, 0.2) is 48.5 Å². The minimum absolute atomic E-state index is 0.0167. The summed E-state index contributed by atoms with van der Waals surface area (Å²) < 4.78 is 42.4. The number of hydrogen-bond donors (Lipinski definition) is 2. The molecule has 0 aliphatic heterocycles. The number of methoxy groups -OCH3 is 1. The smallest absolute Gasteiger partial charge is 0.163 e. The summed E-state index contributed by atoms with van der Waals surface area (Å²) in [6, 6.07) is 12.3. The van der Waals surface area contributed by atoms with E-state index in [4.69, 9.17) is 22.1 Å². The number of nitrogens with zero attached hydrogens (tertiary/aromatic N) is 1. The molecule has 0 bridgehead atoms. The van der Waals surface area contributed by atoms with Crippen molar-refractivity contribution in [2.24, 2.45) is 5.73 Å². The summed E-state index contributed by atoms with van der Waals surface area (Å²) in [5, 5.41) is 11.3. The lowest BCUT2D eigenvalue weighted by molar-refractivity contribution is 0.0396. The van der Waals surface area contributed by atoms with Crippen LogP contribution in [0.4, 0.5) is 4.39 Å². The average molecular weight is 563 g/mol. The van der Waals surface area contributed by atoms with E-state index in [0.29, 0.717) is 39.4 Å². The molecule has 0 fully saturated rings. The number of halogens is 2. The van der Waals surface area contributed by atoms with Gasteiger partial charge in [0, 0.05) is 34.9 Å². The molecular weight excluding hydrogens is 531 g/mol. The summed E-state index contributed by atoms with van der Waals surface area (Å²) in [4.78, 5) is 17.6. The summed E-state index contributed by atoms with van der Waals surface area (Å²) in [6.45, 7) is 5.19. The number of benzene rings is 2. The number of pyridine rings is 1. The average Bonchev–Trinajstić information content (AvgIpc) is 2.82. The van der Waals surface area contributed by atoms with Crippen LogP contribution >= 0.6 is 11.6 Å². The molecule has 3 rings (SSSR count). The van der Waals surface area contributed by atoms with Gasteiger partial charge in [0.15, 0.2) is 15.6 Å². The molecule has 0 radical (unpaired) electrons. The summed E-state index contributed by atoms with van der Waals surface area (Å²) in [6.07, 6.45) is 1.15. The Morgan fingerprint density at radius 3 is 2.39 bits per heavy atom. The molecule has 3 N–H and O–H groups in total. The van der Waals surface area contributed by atoms with Gasteiger partial charge in [-0.2, -0.15) is 0 Å². The summed E-state index contributed by atoms with van der Waals surface area (Å²) >= 11 is 5.98. The maximum Gasteiger partial charge on any atom is 0.163 e. The van der Waals surface area contributed by atoms with Crippen LogP contribution in [0.25, 0.3) is 11.3 Å². The van der Waals surface area contributed by atoms with Gasteiger partial charge in [0.05, 0.1) is 29.3 Å². The second-order valence-electron chi connectivity index (χ2n) is 10.3. The standard InChI is InChI=1S/C28H32ClFN2O5S/c1-27(2,31)20-14-23(17-8-9-22(30)21(29)12-17)32-26(15-20)28(3,34)11-10-24(33)18-6-7-19(16-38(5,35)36)25(13-18)37-4/h6-9,12-15,34H,10-11,16,31H2,1-5H3. The van der Waals surface area contributed by atoms with E-state index in [9.17, 15) is 22.7 Å². The van der Waals surface area contributed by atoms with Gasteiger partial charge in [-0.25, -0.2) is 17.8 Å². The van der Waals surface area contributed by atoms with Crippen molar-refractivity contribution in [3.63, 3.8) is 0 Å². The monoisotopic (exact) mass is 562 g/mol. The number of Topliss-reactive ketones (excluding diaryl/α,β-unsaturated/α-hetero) is 1. The third kappa shape index (κ3) is 7.38. The van der Waals surface area contributed by atoms with E-state index in [2.05, 4.69) is 4.98 Å². The van der Waals surface area contributed by atoms with Gasteiger partial charge in [-0.3, -0.25) is 4.79 Å². The maximum absolute atomic E-state index is 13.7. The van der Waals surface area contributed by atoms with Crippen LogP contribution < -0.4 is 10.5 Å². The van der Waals surface area contributed by atoms with Crippen molar-refractivity contribution in [2.45, 2.75) is 50.5 Å². The molecule has 0 spiro atoms. The fourth-order valence-electron chi connectivity index (χ4n) is 3.93. The Labute approximate surface area is 227 Å². The zero-order chi connectivity index (χ0) is 28.5. The van der Waals surface area contributed by atoms with Crippen LogP contribution in [0.1, 0.15) is 60.8 Å². The molecule has 0 saturated carbocycles. The topological polar surface area (TPSA) is 120 Å². The Bertz CT molecular complexity index is 1470. The van der Waals surface area contributed by atoms with Crippen LogP contribution in [0.3, 0.4) is 0 Å². The lowest BCUT2D eigenvalue weighted by Gasteiger charge is -2.27. The quantitative estimate of drug-likeness (QED) is 0.327. The Kier molecular flexibility index (Phi) is 8.67. The van der Waals surface area contributed by atoms with E-state index < -0.39 is 26.8 Å². The number of aromatic nitrogens is 1. The molecule has 0 amide bonds. The van der Waals surface area contributed by atoms with Gasteiger partial charge < -0.3 is 15.6 Å². The van der Waals surface area contributed by atoms with Crippen molar-refractivity contribution >= 4 is 27.2 Å². The van der Waals surface area contributed by atoms with Gasteiger partial charge in [-0.1, -0.05) is 23.7 Å². The molecule has 2 aromatic carbocycles. The van der Waals surface area contributed by atoms with Crippen LogP contribution in [0.2, 0.25) is 5.02 Å². The third-order valence-corrected chi connectivity index (χ3v) is 7.33. The van der Waals surface area contributed by atoms with Crippen molar-refractivity contribution < 1.29 is 27.4 Å². The maximum atomic E-state index is 13.7.